The summed E-state index contributed by atoms with van der Waals surface area (Å²) in [6.45, 7) is 1.17. The molecule has 6 rings (SSSR count). The number of imide groups is 1. The van der Waals surface area contributed by atoms with E-state index < -0.39 is 0 Å². The molecule has 172 valence electrons. The van der Waals surface area contributed by atoms with E-state index in [0.29, 0.717) is 25.0 Å². The van der Waals surface area contributed by atoms with Gasteiger partial charge < -0.3 is 19.7 Å². The van der Waals surface area contributed by atoms with Crippen molar-refractivity contribution in [3.05, 3.63) is 0 Å². The zero-order chi connectivity index (χ0) is 21.3. The monoisotopic (exact) mass is 431 g/mol. The minimum atomic E-state index is -0.369. The summed E-state index contributed by atoms with van der Waals surface area (Å²) in [5.74, 6) is 0.0955. The fourth-order valence-corrected chi connectivity index (χ4v) is 7.81. The van der Waals surface area contributed by atoms with Crippen molar-refractivity contribution in [2.45, 2.75) is 87.9 Å². The van der Waals surface area contributed by atoms with Crippen molar-refractivity contribution in [2.75, 3.05) is 27.2 Å². The van der Waals surface area contributed by atoms with E-state index in [2.05, 4.69) is 5.32 Å². The lowest BCUT2D eigenvalue weighted by Crippen LogP contribution is -2.66. The van der Waals surface area contributed by atoms with Gasteiger partial charge in [0.2, 0.25) is 11.8 Å². The third-order valence-electron chi connectivity index (χ3n) is 9.15. The van der Waals surface area contributed by atoms with E-state index in [1.807, 2.05) is 19.0 Å². The Kier molecular flexibility index (Phi) is 5.17. The van der Waals surface area contributed by atoms with Crippen molar-refractivity contribution in [3.63, 3.8) is 0 Å². The maximum atomic E-state index is 13.7. The zero-order valence-electron chi connectivity index (χ0n) is 18.9. The average Bonchev–Trinajstić information content (AvgIpc) is 3.27. The number of hydrogen-bond donors (Lipinski definition) is 1. The Hall–Kier alpha value is -1.02. The molecule has 3 heterocycles. The second-order valence-electron chi connectivity index (χ2n) is 11.1. The largest absolute Gasteiger partial charge is 0.369 e. The lowest BCUT2D eigenvalue weighted by Gasteiger charge is -2.52. The van der Waals surface area contributed by atoms with Crippen LogP contribution < -0.4 is 5.32 Å². The Labute approximate surface area is 185 Å². The summed E-state index contributed by atoms with van der Waals surface area (Å²) in [5, 5.41) is 3.91. The van der Waals surface area contributed by atoms with Gasteiger partial charge in [-0.2, -0.15) is 0 Å². The van der Waals surface area contributed by atoms with Gasteiger partial charge in [-0.15, -0.1) is 0 Å². The molecule has 31 heavy (non-hydrogen) atoms. The Balaban J connectivity index is 1.36. The fourth-order valence-electron chi connectivity index (χ4n) is 7.81. The molecule has 0 bridgehead atoms. The molecule has 3 saturated carbocycles. The van der Waals surface area contributed by atoms with Gasteiger partial charge in [-0.25, -0.2) is 0 Å². The first-order valence-corrected chi connectivity index (χ1v) is 12.6. The molecule has 2 amide bonds. The van der Waals surface area contributed by atoms with E-state index in [1.54, 1.807) is 4.90 Å². The van der Waals surface area contributed by atoms with Crippen LogP contribution in [0, 0.1) is 23.7 Å². The topological polar surface area (TPSA) is 71.1 Å². The predicted octanol–water partition coefficient (Wildman–Crippen LogP) is 1.40. The first-order chi connectivity index (χ1) is 15.0. The van der Waals surface area contributed by atoms with E-state index >= 15 is 0 Å². The van der Waals surface area contributed by atoms with Crippen LogP contribution in [-0.4, -0.2) is 85.3 Å². The number of carbonyl (C=O) groups excluding carboxylic acids is 2. The van der Waals surface area contributed by atoms with Gasteiger partial charge in [-0.3, -0.25) is 14.5 Å². The number of rotatable bonds is 3. The van der Waals surface area contributed by atoms with Crippen LogP contribution in [0.1, 0.15) is 51.4 Å². The predicted molar refractivity (Wildman–Crippen MR) is 114 cm³/mol. The second kappa shape index (κ2) is 7.79. The summed E-state index contributed by atoms with van der Waals surface area (Å²) in [6, 6.07) is 0.585. The Morgan fingerprint density at radius 2 is 1.55 bits per heavy atom. The van der Waals surface area contributed by atoms with Crippen LogP contribution in [0.4, 0.5) is 0 Å². The number of likely N-dealkylation sites (N-methyl/N-ethyl adjacent to an activating group) is 1. The number of ether oxygens (including phenoxy) is 2. The van der Waals surface area contributed by atoms with Gasteiger partial charge >= 0.3 is 0 Å². The van der Waals surface area contributed by atoms with Gasteiger partial charge in [0.1, 0.15) is 6.10 Å². The van der Waals surface area contributed by atoms with Crippen molar-refractivity contribution in [2.24, 2.45) is 23.7 Å². The zero-order valence-corrected chi connectivity index (χ0v) is 18.9. The highest BCUT2D eigenvalue weighted by Crippen LogP contribution is 2.54. The lowest BCUT2D eigenvalue weighted by atomic mass is 9.62. The molecule has 0 aromatic carbocycles. The van der Waals surface area contributed by atoms with Crippen LogP contribution in [0.15, 0.2) is 0 Å². The number of nitrogens with one attached hydrogen (secondary N) is 1. The van der Waals surface area contributed by atoms with Crippen molar-refractivity contribution < 1.29 is 19.1 Å². The van der Waals surface area contributed by atoms with Gasteiger partial charge in [0.15, 0.2) is 0 Å². The van der Waals surface area contributed by atoms with Gasteiger partial charge in [0, 0.05) is 25.2 Å². The molecular weight excluding hydrogens is 394 g/mol. The number of carbonyl (C=O) groups is 2. The number of nitrogens with zero attached hydrogens (tertiary/aromatic N) is 2. The second-order valence-corrected chi connectivity index (χ2v) is 11.1. The van der Waals surface area contributed by atoms with Gasteiger partial charge in [0.05, 0.1) is 30.1 Å². The molecular formula is C24H37N3O4. The van der Waals surface area contributed by atoms with E-state index in [-0.39, 0.29) is 60.0 Å². The van der Waals surface area contributed by atoms with Crippen molar-refractivity contribution in [1.82, 2.24) is 15.1 Å². The molecule has 10 atom stereocenters. The highest BCUT2D eigenvalue weighted by atomic mass is 16.6. The van der Waals surface area contributed by atoms with E-state index in [0.717, 1.165) is 25.7 Å². The smallest absolute Gasteiger partial charge is 0.235 e. The Morgan fingerprint density at radius 1 is 0.903 bits per heavy atom. The standard InChI is InChI=1S/C24H37N3O4/c1-26(2)11-12-27-23(28)18-17-13-7-3-4-8-14(13)25-20(17)22-21(19(18)24(27)29)30-15-9-5-6-10-16(15)31-22/h13-22,25H,3-12H2,1-2H3. The van der Waals surface area contributed by atoms with Crippen LogP contribution in [0.5, 0.6) is 0 Å². The summed E-state index contributed by atoms with van der Waals surface area (Å²) in [6.07, 6.45) is 9.04. The highest BCUT2D eigenvalue weighted by Gasteiger charge is 2.68. The summed E-state index contributed by atoms with van der Waals surface area (Å²) >= 11 is 0. The van der Waals surface area contributed by atoms with E-state index in [1.165, 1.54) is 25.7 Å². The summed E-state index contributed by atoms with van der Waals surface area (Å²) in [4.78, 5) is 31.0. The fraction of sp³-hybridized carbons (Fsp3) is 0.917. The van der Waals surface area contributed by atoms with Gasteiger partial charge in [0.25, 0.3) is 0 Å². The van der Waals surface area contributed by atoms with Gasteiger partial charge in [-0.1, -0.05) is 25.7 Å². The molecule has 3 aliphatic heterocycles. The minimum absolute atomic E-state index is 0.0116. The minimum Gasteiger partial charge on any atom is -0.369 e. The molecule has 10 unspecified atom stereocenters. The number of hydrogen-bond acceptors (Lipinski definition) is 6. The molecule has 0 aromatic heterocycles. The number of amides is 2. The normalized spacial score (nSPS) is 48.8. The Bertz CT molecular complexity index is 744. The van der Waals surface area contributed by atoms with E-state index in [9.17, 15) is 9.59 Å². The quantitative estimate of drug-likeness (QED) is 0.682. The molecule has 0 aromatic rings. The van der Waals surface area contributed by atoms with Crippen LogP contribution in [0.25, 0.3) is 0 Å². The van der Waals surface area contributed by atoms with Crippen LogP contribution in [0.2, 0.25) is 0 Å². The SMILES string of the molecule is CN(C)CCN1C(=O)C2C3OC4CCCCC4OC3C3NC4CCCCC4C3C2C1=O. The molecule has 1 N–H and O–H groups in total. The van der Waals surface area contributed by atoms with Crippen LogP contribution in [-0.2, 0) is 19.1 Å². The Morgan fingerprint density at radius 3 is 2.29 bits per heavy atom. The van der Waals surface area contributed by atoms with Crippen LogP contribution >= 0.6 is 0 Å². The highest BCUT2D eigenvalue weighted by molar-refractivity contribution is 6.06. The maximum absolute atomic E-state index is 13.7. The average molecular weight is 432 g/mol. The van der Waals surface area contributed by atoms with Crippen LogP contribution in [0.3, 0.4) is 0 Å². The molecule has 7 heteroatoms. The maximum Gasteiger partial charge on any atom is 0.235 e. The van der Waals surface area contributed by atoms with E-state index in [4.69, 9.17) is 9.47 Å². The number of likely N-dealkylation sites (tertiary alicyclic amines) is 1. The molecule has 0 spiro atoms. The summed E-state index contributed by atoms with van der Waals surface area (Å²) in [7, 11) is 3.97. The molecule has 3 saturated heterocycles. The third kappa shape index (κ3) is 3.14. The molecule has 6 aliphatic rings. The van der Waals surface area contributed by atoms with Gasteiger partial charge in [-0.05, 0) is 51.6 Å². The molecule has 7 nitrogen and oxygen atoms in total. The molecule has 3 aliphatic carbocycles. The third-order valence-corrected chi connectivity index (χ3v) is 9.15. The lowest BCUT2D eigenvalue weighted by molar-refractivity contribution is -0.265. The molecule has 0 radical (unpaired) electrons. The first kappa shape index (κ1) is 20.6. The summed E-state index contributed by atoms with van der Waals surface area (Å²) < 4.78 is 13.4. The first-order valence-electron chi connectivity index (χ1n) is 12.6. The summed E-state index contributed by atoms with van der Waals surface area (Å²) in [5.41, 5.74) is 0. The number of fused-ring (bicyclic) bond motifs is 9. The molecule has 6 fully saturated rings. The van der Waals surface area contributed by atoms with Crippen molar-refractivity contribution in [1.29, 1.82) is 0 Å². The van der Waals surface area contributed by atoms with Crippen molar-refractivity contribution in [3.8, 4) is 0 Å². The van der Waals surface area contributed by atoms with Crippen molar-refractivity contribution >= 4 is 11.8 Å².